The van der Waals surface area contributed by atoms with Gasteiger partial charge in [0.25, 0.3) is 0 Å². The second-order valence-electron chi connectivity index (χ2n) is 9.88. The predicted molar refractivity (Wildman–Crippen MR) is 147 cm³/mol. The van der Waals surface area contributed by atoms with Crippen molar-refractivity contribution in [2.75, 3.05) is 24.2 Å². The van der Waals surface area contributed by atoms with E-state index in [0.29, 0.717) is 36.8 Å². The standard InChI is InChI=1S/C29H28F2N4O4S/c1-40(37,38)24-9-2-19(3-10-24)18-39-23-7-4-21(5-8-23)26-17-35(29(32)36)28(33-26)14-20-12-13-34(16-20)27-15-22(30)6-11-25(27)31/h2-11,15,17,20H,12-14,16,18H2,1H3,(H2,32,36). The monoisotopic (exact) mass is 566 g/mol. The van der Waals surface area contributed by atoms with Crippen molar-refractivity contribution in [1.29, 1.82) is 0 Å². The van der Waals surface area contributed by atoms with Crippen LogP contribution in [0.15, 0.2) is 77.8 Å². The first-order valence-corrected chi connectivity index (χ1v) is 14.6. The Morgan fingerprint density at radius 2 is 1.80 bits per heavy atom. The molecule has 2 heterocycles. The summed E-state index contributed by atoms with van der Waals surface area (Å²) in [5.41, 5.74) is 8.01. The largest absolute Gasteiger partial charge is 0.489 e. The average molecular weight is 567 g/mol. The maximum absolute atomic E-state index is 14.2. The number of carbonyl (C=O) groups excluding carboxylic acids is 1. The fourth-order valence-corrected chi connectivity index (χ4v) is 5.45. The van der Waals surface area contributed by atoms with Crippen molar-refractivity contribution in [2.45, 2.75) is 24.3 Å². The number of hydrogen-bond donors (Lipinski definition) is 1. The summed E-state index contributed by atoms with van der Waals surface area (Å²) in [5.74, 6) is 0.236. The van der Waals surface area contributed by atoms with E-state index in [1.807, 2.05) is 12.1 Å². The Morgan fingerprint density at radius 1 is 1.07 bits per heavy atom. The van der Waals surface area contributed by atoms with Crippen LogP contribution < -0.4 is 15.4 Å². The summed E-state index contributed by atoms with van der Waals surface area (Å²) in [6, 6.07) is 16.5. The molecular formula is C29H28F2N4O4S. The fraction of sp³-hybridized carbons (Fsp3) is 0.241. The van der Waals surface area contributed by atoms with Gasteiger partial charge in [-0.2, -0.15) is 0 Å². The zero-order valence-electron chi connectivity index (χ0n) is 21.8. The number of amides is 1. The minimum absolute atomic E-state index is 0.0818. The van der Waals surface area contributed by atoms with Crippen molar-refractivity contribution >= 4 is 21.6 Å². The molecule has 0 radical (unpaired) electrons. The van der Waals surface area contributed by atoms with Gasteiger partial charge in [0, 0.05) is 43.6 Å². The van der Waals surface area contributed by atoms with Crippen molar-refractivity contribution in [3.63, 3.8) is 0 Å². The molecule has 0 aliphatic carbocycles. The number of benzene rings is 3. The van der Waals surface area contributed by atoms with Crippen LogP contribution in [0.1, 0.15) is 17.8 Å². The molecule has 11 heteroatoms. The molecule has 1 fully saturated rings. The molecular weight excluding hydrogens is 538 g/mol. The summed E-state index contributed by atoms with van der Waals surface area (Å²) in [7, 11) is -3.25. The first-order chi connectivity index (χ1) is 19.1. The molecule has 5 rings (SSSR count). The summed E-state index contributed by atoms with van der Waals surface area (Å²) in [4.78, 5) is 18.9. The van der Waals surface area contributed by atoms with Crippen LogP contribution in [0.5, 0.6) is 5.75 Å². The topological polar surface area (TPSA) is 108 Å². The summed E-state index contributed by atoms with van der Waals surface area (Å²) >= 11 is 0. The number of rotatable bonds is 8. The van der Waals surface area contributed by atoms with E-state index in [1.165, 1.54) is 10.6 Å². The van der Waals surface area contributed by atoms with Gasteiger partial charge in [-0.15, -0.1) is 0 Å². The zero-order valence-corrected chi connectivity index (χ0v) is 22.6. The van der Waals surface area contributed by atoms with Crippen LogP contribution in [0.2, 0.25) is 0 Å². The molecule has 1 aliphatic heterocycles. The second-order valence-corrected chi connectivity index (χ2v) is 11.9. The lowest BCUT2D eigenvalue weighted by Gasteiger charge is -2.19. The van der Waals surface area contributed by atoms with Crippen molar-refractivity contribution in [2.24, 2.45) is 11.7 Å². The van der Waals surface area contributed by atoms with E-state index >= 15 is 0 Å². The maximum Gasteiger partial charge on any atom is 0.324 e. The number of carbonyl (C=O) groups is 1. The lowest BCUT2D eigenvalue weighted by molar-refractivity contribution is 0.249. The predicted octanol–water partition coefficient (Wildman–Crippen LogP) is 4.81. The Balaban J connectivity index is 1.25. The molecule has 208 valence electrons. The minimum atomic E-state index is -3.25. The van der Waals surface area contributed by atoms with Crippen LogP contribution in [-0.4, -0.2) is 43.3 Å². The Labute approximate surface area is 230 Å². The number of nitrogens with zero attached hydrogens (tertiary/aromatic N) is 3. The third-order valence-corrected chi connectivity index (χ3v) is 8.06. The first kappa shape index (κ1) is 27.3. The molecule has 0 spiro atoms. The molecule has 40 heavy (non-hydrogen) atoms. The highest BCUT2D eigenvalue weighted by Gasteiger charge is 2.27. The Kier molecular flexibility index (Phi) is 7.57. The molecule has 0 saturated carbocycles. The number of halogens is 2. The third-order valence-electron chi connectivity index (χ3n) is 6.93. The number of sulfone groups is 1. The highest BCUT2D eigenvalue weighted by molar-refractivity contribution is 7.90. The molecule has 2 N–H and O–H groups in total. The van der Waals surface area contributed by atoms with Gasteiger partial charge < -0.3 is 15.4 Å². The van der Waals surface area contributed by atoms with E-state index < -0.39 is 27.5 Å². The van der Waals surface area contributed by atoms with E-state index in [2.05, 4.69) is 4.98 Å². The number of imidazole rings is 1. The maximum atomic E-state index is 14.2. The van der Waals surface area contributed by atoms with Gasteiger partial charge in [0.15, 0.2) is 9.84 Å². The molecule has 1 saturated heterocycles. The molecule has 1 aliphatic rings. The average Bonchev–Trinajstić information content (AvgIpc) is 3.57. The summed E-state index contributed by atoms with van der Waals surface area (Å²) in [5, 5.41) is 0. The van der Waals surface area contributed by atoms with Crippen molar-refractivity contribution in [3.05, 3.63) is 95.9 Å². The summed E-state index contributed by atoms with van der Waals surface area (Å²) in [6.45, 7) is 1.34. The highest BCUT2D eigenvalue weighted by atomic mass is 32.2. The van der Waals surface area contributed by atoms with Gasteiger partial charge in [-0.25, -0.2) is 27.0 Å². The van der Waals surface area contributed by atoms with Gasteiger partial charge in [-0.1, -0.05) is 12.1 Å². The number of anilines is 1. The van der Waals surface area contributed by atoms with Crippen molar-refractivity contribution in [3.8, 4) is 17.0 Å². The van der Waals surface area contributed by atoms with Crippen molar-refractivity contribution in [1.82, 2.24) is 9.55 Å². The van der Waals surface area contributed by atoms with Crippen molar-refractivity contribution < 1.29 is 26.7 Å². The first-order valence-electron chi connectivity index (χ1n) is 12.7. The van der Waals surface area contributed by atoms with E-state index in [9.17, 15) is 22.0 Å². The molecule has 0 bridgehead atoms. The normalized spacial score (nSPS) is 15.4. The Morgan fingerprint density at radius 3 is 2.48 bits per heavy atom. The number of primary amides is 1. The minimum Gasteiger partial charge on any atom is -0.489 e. The molecule has 3 aromatic carbocycles. The quantitative estimate of drug-likeness (QED) is 0.328. The van der Waals surface area contributed by atoms with Gasteiger partial charge >= 0.3 is 6.03 Å². The summed E-state index contributed by atoms with van der Waals surface area (Å²) in [6.07, 6.45) is 3.95. The SMILES string of the molecule is CS(=O)(=O)c1ccc(COc2ccc(-c3cn(C(N)=O)c(CC4CCN(c5cc(F)ccc5F)C4)n3)cc2)cc1. The molecule has 4 aromatic rings. The van der Waals surface area contributed by atoms with E-state index in [4.69, 9.17) is 10.5 Å². The van der Waals surface area contributed by atoms with Gasteiger partial charge in [0.05, 0.1) is 16.3 Å². The number of nitrogens with two attached hydrogens (primary N) is 1. The van der Waals surface area contributed by atoms with E-state index in [-0.39, 0.29) is 23.1 Å². The molecule has 8 nitrogen and oxygen atoms in total. The van der Waals surface area contributed by atoms with Crippen LogP contribution in [0, 0.1) is 17.6 Å². The van der Waals surface area contributed by atoms with Gasteiger partial charge in [-0.3, -0.25) is 4.57 Å². The van der Waals surface area contributed by atoms with Gasteiger partial charge in [-0.05, 0) is 66.4 Å². The Hall–Kier alpha value is -4.25. The van der Waals surface area contributed by atoms with E-state index in [0.717, 1.165) is 35.9 Å². The highest BCUT2D eigenvalue weighted by Crippen LogP contribution is 2.30. The van der Waals surface area contributed by atoms with Crippen LogP contribution in [0.3, 0.4) is 0 Å². The molecule has 1 aromatic heterocycles. The number of hydrogen-bond acceptors (Lipinski definition) is 6. The molecule has 1 atom stereocenters. The molecule has 1 unspecified atom stereocenters. The van der Waals surface area contributed by atoms with Crippen LogP contribution in [0.4, 0.5) is 19.3 Å². The van der Waals surface area contributed by atoms with Gasteiger partial charge in [0.1, 0.15) is 29.8 Å². The smallest absolute Gasteiger partial charge is 0.324 e. The van der Waals surface area contributed by atoms with Crippen LogP contribution >= 0.6 is 0 Å². The number of aromatic nitrogens is 2. The van der Waals surface area contributed by atoms with Crippen LogP contribution in [-0.2, 0) is 22.9 Å². The second kappa shape index (κ2) is 11.1. The summed E-state index contributed by atoms with van der Waals surface area (Å²) < 4.78 is 58.3. The third kappa shape index (κ3) is 6.15. The van der Waals surface area contributed by atoms with Crippen LogP contribution in [0.25, 0.3) is 11.3 Å². The Bertz CT molecular complexity index is 1640. The fourth-order valence-electron chi connectivity index (χ4n) is 4.82. The lowest BCUT2D eigenvalue weighted by Crippen LogP contribution is -2.24. The zero-order chi connectivity index (χ0) is 28.4. The van der Waals surface area contributed by atoms with Gasteiger partial charge in [0.2, 0.25) is 0 Å². The molecule has 1 amide bonds. The van der Waals surface area contributed by atoms with E-state index in [1.54, 1.807) is 47.5 Å². The number of ether oxygens (including phenoxy) is 1. The lowest BCUT2D eigenvalue weighted by atomic mass is 10.0.